The zero-order valence-electron chi connectivity index (χ0n) is 19.4. The Morgan fingerprint density at radius 1 is 1.11 bits per heavy atom. The van der Waals surface area contributed by atoms with Gasteiger partial charge in [-0.2, -0.15) is 0 Å². The van der Waals surface area contributed by atoms with Crippen LogP contribution in [0, 0.1) is 5.92 Å². The number of carbonyl (C=O) groups is 2. The summed E-state index contributed by atoms with van der Waals surface area (Å²) in [7, 11) is 0. The zero-order chi connectivity index (χ0) is 24.8. The maximum Gasteiger partial charge on any atom is 0.239 e. The van der Waals surface area contributed by atoms with Crippen LogP contribution in [-0.4, -0.2) is 22.0 Å². The first-order valence-corrected chi connectivity index (χ1v) is 14.2. The van der Waals surface area contributed by atoms with Gasteiger partial charge in [-0.15, -0.1) is 23.1 Å². The van der Waals surface area contributed by atoms with Crippen molar-refractivity contribution >= 4 is 68.9 Å². The molecule has 9 heteroatoms. The Morgan fingerprint density at radius 2 is 1.91 bits per heavy atom. The number of nitrogens with zero attached hydrogens (tertiary/aromatic N) is 1. The van der Waals surface area contributed by atoms with Crippen molar-refractivity contribution in [2.45, 2.75) is 55.6 Å². The van der Waals surface area contributed by atoms with Gasteiger partial charge in [0, 0.05) is 32.5 Å². The van der Waals surface area contributed by atoms with Gasteiger partial charge in [0.1, 0.15) is 0 Å². The van der Waals surface area contributed by atoms with Crippen LogP contribution in [0.2, 0.25) is 10.0 Å². The number of nitrogens with one attached hydrogen (secondary N) is 2. The molecule has 1 aliphatic carbocycles. The molecule has 1 aromatic heterocycles. The minimum absolute atomic E-state index is 0.0944. The number of thiazole rings is 1. The topological polar surface area (TPSA) is 71.1 Å². The number of thioether (sulfide) groups is 1. The molecule has 0 aliphatic heterocycles. The zero-order valence-corrected chi connectivity index (χ0v) is 22.5. The minimum atomic E-state index is -0.300. The number of halogens is 2. The van der Waals surface area contributed by atoms with Crippen LogP contribution in [0.25, 0.3) is 11.3 Å². The number of carbonyl (C=O) groups excluding carboxylic acids is 2. The number of hydrogen-bond donors (Lipinski definition) is 2. The molecule has 2 N–H and O–H groups in total. The highest BCUT2D eigenvalue weighted by molar-refractivity contribution is 8.00. The molecule has 5 nitrogen and oxygen atoms in total. The molecular weight excluding hydrogens is 521 g/mol. The molecule has 0 bridgehead atoms. The highest BCUT2D eigenvalue weighted by Crippen LogP contribution is 2.34. The Kier molecular flexibility index (Phi) is 9.11. The molecule has 3 aromatic rings. The predicted octanol–water partition coefficient (Wildman–Crippen LogP) is 8.15. The summed E-state index contributed by atoms with van der Waals surface area (Å²) in [4.78, 5) is 31.1. The standard InChI is InChI=1S/C26H27Cl2N3O2S2/c1-2-23(25(33)31-26-30-22(15-34-26)20-12-11-17(27)13-21(20)28)35-19-10-6-9-18(14-19)29-24(32)16-7-4-3-5-8-16/h6,9-16,23H,2-5,7-8H2,1H3,(H,29,32)(H,30,31,33). The molecule has 184 valence electrons. The fourth-order valence-electron chi connectivity index (χ4n) is 4.08. The van der Waals surface area contributed by atoms with Crippen molar-refractivity contribution in [1.29, 1.82) is 0 Å². The number of amides is 2. The van der Waals surface area contributed by atoms with Crippen molar-refractivity contribution < 1.29 is 9.59 Å². The lowest BCUT2D eigenvalue weighted by molar-refractivity contribution is -0.120. The quantitative estimate of drug-likeness (QED) is 0.279. The van der Waals surface area contributed by atoms with E-state index in [1.807, 2.05) is 42.6 Å². The largest absolute Gasteiger partial charge is 0.326 e. The van der Waals surface area contributed by atoms with E-state index in [0.717, 1.165) is 41.8 Å². The van der Waals surface area contributed by atoms with Gasteiger partial charge in [-0.25, -0.2) is 4.98 Å². The lowest BCUT2D eigenvalue weighted by atomic mass is 9.88. The molecule has 1 aliphatic rings. The molecule has 0 saturated heterocycles. The molecule has 4 rings (SSSR count). The van der Waals surface area contributed by atoms with Gasteiger partial charge in [-0.1, -0.05) is 55.5 Å². The molecule has 0 spiro atoms. The van der Waals surface area contributed by atoms with E-state index in [1.54, 1.807) is 12.1 Å². The average Bonchev–Trinajstić information content (AvgIpc) is 3.31. The summed E-state index contributed by atoms with van der Waals surface area (Å²) in [5, 5.41) is 9.14. The first kappa shape index (κ1) is 26.0. The summed E-state index contributed by atoms with van der Waals surface area (Å²) in [5.74, 6) is 0.0782. The van der Waals surface area contributed by atoms with Crippen LogP contribution in [0.5, 0.6) is 0 Å². The molecule has 35 heavy (non-hydrogen) atoms. The Labute approximate surface area is 224 Å². The Balaban J connectivity index is 1.38. The van der Waals surface area contributed by atoms with E-state index in [-0.39, 0.29) is 23.0 Å². The summed E-state index contributed by atoms with van der Waals surface area (Å²) in [6.07, 6.45) is 6.02. The van der Waals surface area contributed by atoms with Crippen molar-refractivity contribution in [3.63, 3.8) is 0 Å². The van der Waals surface area contributed by atoms with Gasteiger partial charge in [0.15, 0.2) is 5.13 Å². The highest BCUT2D eigenvalue weighted by atomic mass is 35.5. The van der Waals surface area contributed by atoms with Crippen LogP contribution < -0.4 is 10.6 Å². The van der Waals surface area contributed by atoms with Gasteiger partial charge >= 0.3 is 0 Å². The summed E-state index contributed by atoms with van der Waals surface area (Å²) >= 11 is 15.1. The van der Waals surface area contributed by atoms with E-state index in [9.17, 15) is 9.59 Å². The van der Waals surface area contributed by atoms with Crippen LogP contribution in [-0.2, 0) is 9.59 Å². The number of hydrogen-bond acceptors (Lipinski definition) is 5. The van der Waals surface area contributed by atoms with Gasteiger partial charge in [0.2, 0.25) is 11.8 Å². The third-order valence-electron chi connectivity index (χ3n) is 5.96. The molecule has 2 amide bonds. The maximum absolute atomic E-state index is 13.0. The first-order chi connectivity index (χ1) is 16.9. The van der Waals surface area contributed by atoms with E-state index in [2.05, 4.69) is 15.6 Å². The minimum Gasteiger partial charge on any atom is -0.326 e. The summed E-state index contributed by atoms with van der Waals surface area (Å²) in [6.45, 7) is 1.98. The van der Waals surface area contributed by atoms with Crippen molar-refractivity contribution in [3.05, 3.63) is 57.9 Å². The number of anilines is 2. The third-order valence-corrected chi connectivity index (χ3v) is 8.62. The van der Waals surface area contributed by atoms with Crippen LogP contribution in [0.15, 0.2) is 52.7 Å². The van der Waals surface area contributed by atoms with Gasteiger partial charge in [0.25, 0.3) is 0 Å². The van der Waals surface area contributed by atoms with E-state index in [1.165, 1.54) is 29.5 Å². The molecule has 1 fully saturated rings. The van der Waals surface area contributed by atoms with Crippen LogP contribution >= 0.6 is 46.3 Å². The normalized spacial score (nSPS) is 14.9. The summed E-state index contributed by atoms with van der Waals surface area (Å²) in [6, 6.07) is 12.9. The van der Waals surface area contributed by atoms with Gasteiger partial charge in [-0.05, 0) is 55.7 Å². The second-order valence-electron chi connectivity index (χ2n) is 8.52. The van der Waals surface area contributed by atoms with Gasteiger partial charge in [0.05, 0.1) is 16.0 Å². The highest BCUT2D eigenvalue weighted by Gasteiger charge is 2.22. The van der Waals surface area contributed by atoms with Crippen LogP contribution in [0.3, 0.4) is 0 Å². The monoisotopic (exact) mass is 547 g/mol. The lowest BCUT2D eigenvalue weighted by Crippen LogP contribution is -2.25. The van der Waals surface area contributed by atoms with Gasteiger partial charge < -0.3 is 10.6 Å². The van der Waals surface area contributed by atoms with Gasteiger partial charge in [-0.3, -0.25) is 9.59 Å². The van der Waals surface area contributed by atoms with Crippen LogP contribution in [0.4, 0.5) is 10.8 Å². The van der Waals surface area contributed by atoms with Crippen molar-refractivity contribution in [1.82, 2.24) is 4.98 Å². The molecule has 1 heterocycles. The average molecular weight is 549 g/mol. The molecule has 2 aromatic carbocycles. The van der Waals surface area contributed by atoms with Crippen molar-refractivity contribution in [2.24, 2.45) is 5.92 Å². The SMILES string of the molecule is CCC(Sc1cccc(NC(=O)C2CCCCC2)c1)C(=O)Nc1nc(-c2ccc(Cl)cc2Cl)cs1. The summed E-state index contributed by atoms with van der Waals surface area (Å²) in [5.41, 5.74) is 2.22. The molecule has 1 atom stereocenters. The fraction of sp³-hybridized carbons (Fsp3) is 0.346. The second-order valence-corrected chi connectivity index (χ2v) is 11.5. The third kappa shape index (κ3) is 7.00. The molecule has 1 unspecified atom stereocenters. The summed E-state index contributed by atoms with van der Waals surface area (Å²) < 4.78 is 0. The van der Waals surface area contributed by atoms with Crippen molar-refractivity contribution in [2.75, 3.05) is 10.6 Å². The second kappa shape index (κ2) is 12.3. The molecule has 0 radical (unpaired) electrons. The first-order valence-electron chi connectivity index (χ1n) is 11.7. The fourth-order valence-corrected chi connectivity index (χ4v) is 6.31. The Hall–Kier alpha value is -2.06. The Bertz CT molecular complexity index is 1190. The van der Waals surface area contributed by atoms with Crippen LogP contribution in [0.1, 0.15) is 45.4 Å². The number of rotatable bonds is 8. The Morgan fingerprint density at radius 3 is 2.66 bits per heavy atom. The maximum atomic E-state index is 13.0. The van der Waals surface area contributed by atoms with E-state index in [4.69, 9.17) is 23.2 Å². The number of aromatic nitrogens is 1. The van der Waals surface area contributed by atoms with Crippen molar-refractivity contribution in [3.8, 4) is 11.3 Å². The molecular formula is C26H27Cl2N3O2S2. The van der Waals surface area contributed by atoms with E-state index in [0.29, 0.717) is 27.3 Å². The van der Waals surface area contributed by atoms with E-state index >= 15 is 0 Å². The lowest BCUT2D eigenvalue weighted by Gasteiger charge is -2.21. The van der Waals surface area contributed by atoms with E-state index < -0.39 is 0 Å². The predicted molar refractivity (Wildman–Crippen MR) is 148 cm³/mol. The number of benzene rings is 2. The molecule has 1 saturated carbocycles. The smallest absolute Gasteiger partial charge is 0.239 e.